The lowest BCUT2D eigenvalue weighted by atomic mass is 10.0. The predicted molar refractivity (Wildman–Crippen MR) is 117 cm³/mol. The van der Waals surface area contributed by atoms with Gasteiger partial charge in [0.25, 0.3) is 0 Å². The minimum absolute atomic E-state index is 0.252. The highest BCUT2D eigenvalue weighted by Crippen LogP contribution is 2.27. The van der Waals surface area contributed by atoms with Crippen molar-refractivity contribution in [3.8, 4) is 0 Å². The number of nitrogens with one attached hydrogen (secondary N) is 2. The van der Waals surface area contributed by atoms with Crippen LogP contribution in [0.15, 0.2) is 6.07 Å². The van der Waals surface area contributed by atoms with Gasteiger partial charge < -0.3 is 25.2 Å². The van der Waals surface area contributed by atoms with Gasteiger partial charge in [-0.3, -0.25) is 0 Å². The Balaban J connectivity index is 1.47. The first-order valence-electron chi connectivity index (χ1n) is 10.7. The summed E-state index contributed by atoms with van der Waals surface area (Å²) in [5, 5.41) is 7.03. The molecule has 3 aliphatic heterocycles. The predicted octanol–water partition coefficient (Wildman–Crippen LogP) is 2.78. The number of hydrogen-bond donors (Lipinski definition) is 2. The molecule has 3 saturated heterocycles. The normalized spacial score (nSPS) is 25.2. The van der Waals surface area contributed by atoms with Crippen molar-refractivity contribution < 1.29 is 4.74 Å². The fourth-order valence-electron chi connectivity index (χ4n) is 4.30. The van der Waals surface area contributed by atoms with Crippen LogP contribution in [0.25, 0.3) is 0 Å². The Kier molecular flexibility index (Phi) is 6.47. The SMILES string of the molecule is C[C@H]1CCCN(c2cc(N3CCCC3)nc(NC(=S)NC[C@@H]3CCCO3)n2)C1. The van der Waals surface area contributed by atoms with Crippen LogP contribution in [0.1, 0.15) is 45.4 Å². The van der Waals surface area contributed by atoms with Crippen LogP contribution in [-0.4, -0.2) is 60.5 Å². The average Bonchev–Trinajstić information content (AvgIpc) is 3.40. The third-order valence-corrected chi connectivity index (χ3v) is 6.10. The zero-order chi connectivity index (χ0) is 19.3. The van der Waals surface area contributed by atoms with Gasteiger partial charge in [0.1, 0.15) is 11.6 Å². The van der Waals surface area contributed by atoms with Crippen molar-refractivity contribution in [3.05, 3.63) is 6.07 Å². The van der Waals surface area contributed by atoms with Crippen molar-refractivity contribution >= 4 is 34.9 Å². The number of nitrogens with zero attached hydrogens (tertiary/aromatic N) is 4. The van der Waals surface area contributed by atoms with Crippen LogP contribution in [-0.2, 0) is 4.74 Å². The highest BCUT2D eigenvalue weighted by Gasteiger charge is 2.22. The molecule has 1 aromatic rings. The van der Waals surface area contributed by atoms with E-state index in [1.54, 1.807) is 0 Å². The Labute approximate surface area is 173 Å². The second kappa shape index (κ2) is 9.22. The molecule has 2 atom stereocenters. The van der Waals surface area contributed by atoms with Crippen LogP contribution in [0.5, 0.6) is 0 Å². The fourth-order valence-corrected chi connectivity index (χ4v) is 4.48. The Hall–Kier alpha value is -1.67. The van der Waals surface area contributed by atoms with E-state index in [4.69, 9.17) is 26.9 Å². The number of ether oxygens (including phenoxy) is 1. The number of anilines is 3. The molecule has 0 amide bonds. The maximum Gasteiger partial charge on any atom is 0.232 e. The van der Waals surface area contributed by atoms with Crippen LogP contribution < -0.4 is 20.4 Å². The Morgan fingerprint density at radius 3 is 2.57 bits per heavy atom. The monoisotopic (exact) mass is 404 g/mol. The molecule has 4 rings (SSSR count). The van der Waals surface area contributed by atoms with Crippen molar-refractivity contribution in [2.45, 2.75) is 51.6 Å². The van der Waals surface area contributed by atoms with Gasteiger partial charge in [0, 0.05) is 45.4 Å². The highest BCUT2D eigenvalue weighted by molar-refractivity contribution is 7.80. The number of hydrogen-bond acceptors (Lipinski definition) is 6. The quantitative estimate of drug-likeness (QED) is 0.727. The zero-order valence-electron chi connectivity index (χ0n) is 16.8. The Morgan fingerprint density at radius 2 is 1.86 bits per heavy atom. The lowest BCUT2D eigenvalue weighted by Crippen LogP contribution is -2.37. The van der Waals surface area contributed by atoms with E-state index < -0.39 is 0 Å². The summed E-state index contributed by atoms with van der Waals surface area (Å²) in [4.78, 5) is 14.3. The summed E-state index contributed by atoms with van der Waals surface area (Å²) >= 11 is 5.48. The summed E-state index contributed by atoms with van der Waals surface area (Å²) in [6.45, 7) is 8.14. The van der Waals surface area contributed by atoms with E-state index in [1.165, 1.54) is 25.7 Å². The lowest BCUT2D eigenvalue weighted by Gasteiger charge is -2.32. The maximum atomic E-state index is 5.65. The highest BCUT2D eigenvalue weighted by atomic mass is 32.1. The van der Waals surface area contributed by atoms with Crippen molar-refractivity contribution in [3.63, 3.8) is 0 Å². The summed E-state index contributed by atoms with van der Waals surface area (Å²) < 4.78 is 5.65. The van der Waals surface area contributed by atoms with Crippen molar-refractivity contribution in [2.24, 2.45) is 5.92 Å². The summed E-state index contributed by atoms with van der Waals surface area (Å²) in [6, 6.07) is 2.15. The van der Waals surface area contributed by atoms with Crippen molar-refractivity contribution in [1.29, 1.82) is 0 Å². The van der Waals surface area contributed by atoms with E-state index in [0.29, 0.717) is 17.0 Å². The molecule has 7 nitrogen and oxygen atoms in total. The number of piperidine rings is 1. The minimum atomic E-state index is 0.252. The third kappa shape index (κ3) is 5.03. The van der Waals surface area contributed by atoms with Crippen LogP contribution in [0.3, 0.4) is 0 Å². The number of thiocarbonyl (C=S) groups is 1. The number of rotatable bonds is 5. The molecule has 0 bridgehead atoms. The molecule has 0 saturated carbocycles. The van der Waals surface area contributed by atoms with E-state index in [-0.39, 0.29) is 6.10 Å². The second-order valence-electron chi connectivity index (χ2n) is 8.27. The summed E-state index contributed by atoms with van der Waals surface area (Å²) in [6.07, 6.45) is 7.44. The van der Waals surface area contributed by atoms with Gasteiger partial charge in [0.15, 0.2) is 5.11 Å². The van der Waals surface area contributed by atoms with E-state index in [0.717, 1.165) is 63.8 Å². The first-order chi connectivity index (χ1) is 13.7. The first kappa shape index (κ1) is 19.6. The fraction of sp³-hybridized carbons (Fsp3) is 0.750. The molecule has 0 spiro atoms. The van der Waals surface area contributed by atoms with E-state index >= 15 is 0 Å². The van der Waals surface area contributed by atoms with Crippen LogP contribution in [0.2, 0.25) is 0 Å². The van der Waals surface area contributed by atoms with Crippen LogP contribution >= 0.6 is 12.2 Å². The van der Waals surface area contributed by atoms with Gasteiger partial charge in [-0.2, -0.15) is 9.97 Å². The Morgan fingerprint density at radius 1 is 1.11 bits per heavy atom. The molecule has 3 aliphatic rings. The van der Waals surface area contributed by atoms with E-state index in [1.807, 2.05) is 0 Å². The molecular formula is C20H32N6OS. The van der Waals surface area contributed by atoms with Crippen LogP contribution in [0, 0.1) is 5.92 Å². The third-order valence-electron chi connectivity index (χ3n) is 5.85. The zero-order valence-corrected chi connectivity index (χ0v) is 17.6. The smallest absolute Gasteiger partial charge is 0.232 e. The molecule has 0 aromatic carbocycles. The van der Waals surface area contributed by atoms with Gasteiger partial charge in [-0.15, -0.1) is 0 Å². The Bertz CT molecular complexity index is 675. The number of aromatic nitrogens is 2. The molecule has 2 N–H and O–H groups in total. The second-order valence-corrected chi connectivity index (χ2v) is 8.67. The molecule has 28 heavy (non-hydrogen) atoms. The van der Waals surface area contributed by atoms with Gasteiger partial charge in [-0.25, -0.2) is 0 Å². The molecule has 8 heteroatoms. The summed E-state index contributed by atoms with van der Waals surface area (Å²) in [5.41, 5.74) is 0. The maximum absolute atomic E-state index is 5.65. The molecule has 4 heterocycles. The van der Waals surface area contributed by atoms with Crippen LogP contribution in [0.4, 0.5) is 17.6 Å². The topological polar surface area (TPSA) is 65.5 Å². The lowest BCUT2D eigenvalue weighted by molar-refractivity contribution is 0.114. The molecular weight excluding hydrogens is 372 g/mol. The van der Waals surface area contributed by atoms with Gasteiger partial charge in [-0.05, 0) is 56.7 Å². The molecule has 3 fully saturated rings. The van der Waals surface area contributed by atoms with E-state index in [2.05, 4.69) is 33.4 Å². The molecule has 0 aliphatic carbocycles. The van der Waals surface area contributed by atoms with Gasteiger partial charge in [0.05, 0.1) is 6.10 Å². The molecule has 0 radical (unpaired) electrons. The van der Waals surface area contributed by atoms with Gasteiger partial charge >= 0.3 is 0 Å². The van der Waals surface area contributed by atoms with Gasteiger partial charge in [0.2, 0.25) is 5.95 Å². The standard InChI is InChI=1S/C20H32N6OS/c1-15-6-4-10-26(14-15)18-12-17(25-8-2-3-9-25)22-19(23-18)24-20(28)21-13-16-7-5-11-27-16/h12,15-16H,2-11,13-14H2,1H3,(H2,21,22,23,24,28)/t15-,16-/m0/s1. The largest absolute Gasteiger partial charge is 0.376 e. The summed E-state index contributed by atoms with van der Waals surface area (Å²) in [5.74, 6) is 3.30. The molecule has 1 aromatic heterocycles. The van der Waals surface area contributed by atoms with Gasteiger partial charge in [-0.1, -0.05) is 6.92 Å². The average molecular weight is 405 g/mol. The minimum Gasteiger partial charge on any atom is -0.376 e. The molecule has 154 valence electrons. The molecule has 0 unspecified atom stereocenters. The van der Waals surface area contributed by atoms with E-state index in [9.17, 15) is 0 Å². The first-order valence-corrected chi connectivity index (χ1v) is 11.1. The summed E-state index contributed by atoms with van der Waals surface area (Å²) in [7, 11) is 0. The van der Waals surface area contributed by atoms with Crippen molar-refractivity contribution in [1.82, 2.24) is 15.3 Å². The van der Waals surface area contributed by atoms with Crippen molar-refractivity contribution in [2.75, 3.05) is 54.4 Å².